The molecule has 0 atom stereocenters. The van der Waals surface area contributed by atoms with E-state index in [0.717, 1.165) is 56.1 Å². The molecule has 7 nitrogen and oxygen atoms in total. The highest BCUT2D eigenvalue weighted by molar-refractivity contribution is 8.00. The smallest absolute Gasteiger partial charge is 0.227 e. The van der Waals surface area contributed by atoms with E-state index < -0.39 is 0 Å². The van der Waals surface area contributed by atoms with Crippen molar-refractivity contribution in [1.29, 1.82) is 5.26 Å². The van der Waals surface area contributed by atoms with Gasteiger partial charge in [-0.3, -0.25) is 0 Å². The average molecular weight is 590 g/mol. The number of anilines is 2. The normalized spacial score (nSPS) is 13.5. The molecule has 1 N–H and O–H groups in total. The van der Waals surface area contributed by atoms with E-state index in [1.54, 1.807) is 36.4 Å². The van der Waals surface area contributed by atoms with Gasteiger partial charge < -0.3 is 19.7 Å². The number of aromatic nitrogens is 2. The maximum Gasteiger partial charge on any atom is 0.227 e. The topological polar surface area (TPSA) is 83.3 Å². The van der Waals surface area contributed by atoms with Gasteiger partial charge >= 0.3 is 0 Å². The van der Waals surface area contributed by atoms with Crippen LogP contribution in [-0.4, -0.2) is 66.0 Å². The van der Waals surface area contributed by atoms with Gasteiger partial charge in [-0.15, -0.1) is 23.1 Å². The molecular formula is C30H31N5O2S3. The summed E-state index contributed by atoms with van der Waals surface area (Å²) in [4.78, 5) is 12.7. The van der Waals surface area contributed by atoms with Crippen LogP contribution in [-0.2, 0) is 0 Å². The number of nitrogens with one attached hydrogen (secondary N) is 1. The quantitative estimate of drug-likeness (QED) is 0.146. The van der Waals surface area contributed by atoms with E-state index in [-0.39, 0.29) is 0 Å². The number of thioether (sulfide) groups is 2. The van der Waals surface area contributed by atoms with Crippen molar-refractivity contribution in [2.75, 3.05) is 56.4 Å². The maximum absolute atomic E-state index is 10.0. The van der Waals surface area contributed by atoms with Gasteiger partial charge in [0.25, 0.3) is 0 Å². The van der Waals surface area contributed by atoms with Crippen molar-refractivity contribution in [3.8, 4) is 39.3 Å². The third-order valence-electron chi connectivity index (χ3n) is 6.50. The minimum Gasteiger partial charge on any atom is -0.497 e. The lowest BCUT2D eigenvalue weighted by Gasteiger charge is -2.25. The van der Waals surface area contributed by atoms with E-state index in [1.807, 2.05) is 72.6 Å². The summed E-state index contributed by atoms with van der Waals surface area (Å²) < 4.78 is 12.4. The van der Waals surface area contributed by atoms with Gasteiger partial charge in [0.1, 0.15) is 17.6 Å². The Balaban J connectivity index is 1.33. The molecule has 10 heteroatoms. The molecule has 2 aromatic heterocycles. The Bertz CT molecular complexity index is 1480. The third kappa shape index (κ3) is 6.91. The highest BCUT2D eigenvalue weighted by Crippen LogP contribution is 2.46. The van der Waals surface area contributed by atoms with Crippen molar-refractivity contribution in [2.45, 2.75) is 10.6 Å². The van der Waals surface area contributed by atoms with Crippen LogP contribution >= 0.6 is 34.9 Å². The van der Waals surface area contributed by atoms with Crippen LogP contribution in [0.1, 0.15) is 12.0 Å². The molecule has 5 rings (SSSR count). The average Bonchev–Trinajstić information content (AvgIpc) is 3.39. The van der Waals surface area contributed by atoms with Gasteiger partial charge in [0.15, 0.2) is 0 Å². The van der Waals surface area contributed by atoms with E-state index in [1.165, 1.54) is 24.6 Å². The third-order valence-corrected chi connectivity index (χ3v) is 9.78. The fourth-order valence-corrected chi connectivity index (χ4v) is 7.42. The number of nitriles is 1. The summed E-state index contributed by atoms with van der Waals surface area (Å²) in [5.41, 5.74) is 4.03. The second-order valence-corrected chi connectivity index (χ2v) is 12.4. The number of benzene rings is 2. The molecule has 0 amide bonds. The van der Waals surface area contributed by atoms with Crippen LogP contribution in [0.15, 0.2) is 65.0 Å². The highest BCUT2D eigenvalue weighted by Gasteiger charge is 2.22. The first-order valence-corrected chi connectivity index (χ1v) is 16.3. The summed E-state index contributed by atoms with van der Waals surface area (Å²) in [5.74, 6) is 4.49. The zero-order valence-electron chi connectivity index (χ0n) is 22.6. The zero-order valence-corrected chi connectivity index (χ0v) is 25.0. The maximum atomic E-state index is 10.0. The molecule has 0 spiro atoms. The molecule has 1 saturated heterocycles. The van der Waals surface area contributed by atoms with Gasteiger partial charge in [-0.1, -0.05) is 18.2 Å². The molecule has 0 saturated carbocycles. The fourth-order valence-electron chi connectivity index (χ4n) is 4.53. The van der Waals surface area contributed by atoms with E-state index in [9.17, 15) is 5.26 Å². The Morgan fingerprint density at radius 3 is 2.73 bits per heavy atom. The van der Waals surface area contributed by atoms with Gasteiger partial charge in [0, 0.05) is 54.7 Å². The largest absolute Gasteiger partial charge is 0.497 e. The number of hydrogen-bond acceptors (Lipinski definition) is 10. The Kier molecular flexibility index (Phi) is 9.84. The second kappa shape index (κ2) is 13.9. The summed E-state index contributed by atoms with van der Waals surface area (Å²) in [6, 6.07) is 20.0. The summed E-state index contributed by atoms with van der Waals surface area (Å²) >= 11 is 5.17. The first-order valence-electron chi connectivity index (χ1n) is 13.1. The molecule has 0 bridgehead atoms. The van der Waals surface area contributed by atoms with Crippen LogP contribution in [0.2, 0.25) is 0 Å². The molecule has 206 valence electrons. The Hall–Kier alpha value is -3.23. The van der Waals surface area contributed by atoms with Crippen molar-refractivity contribution in [2.24, 2.45) is 0 Å². The van der Waals surface area contributed by atoms with E-state index >= 15 is 0 Å². The minimum absolute atomic E-state index is 0.479. The van der Waals surface area contributed by atoms with E-state index in [0.29, 0.717) is 18.1 Å². The number of thiophene rings is 1. The summed E-state index contributed by atoms with van der Waals surface area (Å²) in [7, 11) is 1.64. The van der Waals surface area contributed by atoms with Crippen molar-refractivity contribution < 1.29 is 9.47 Å². The molecule has 40 heavy (non-hydrogen) atoms. The van der Waals surface area contributed by atoms with E-state index in [4.69, 9.17) is 14.5 Å². The summed E-state index contributed by atoms with van der Waals surface area (Å²) in [6.45, 7) is 4.10. The zero-order chi connectivity index (χ0) is 27.7. The van der Waals surface area contributed by atoms with Crippen LogP contribution in [0.4, 0.5) is 11.6 Å². The molecule has 4 aromatic rings. The Morgan fingerprint density at radius 2 is 1.93 bits per heavy atom. The van der Waals surface area contributed by atoms with Crippen LogP contribution in [0.5, 0.6) is 11.5 Å². The number of ether oxygens (including phenoxy) is 2. The van der Waals surface area contributed by atoms with Crippen LogP contribution in [0.25, 0.3) is 21.7 Å². The van der Waals surface area contributed by atoms with Gasteiger partial charge in [0.2, 0.25) is 5.95 Å². The molecule has 1 fully saturated rings. The molecule has 2 aromatic carbocycles. The number of nitrogens with zero attached hydrogens (tertiary/aromatic N) is 4. The Labute approximate surface area is 248 Å². The molecule has 1 aliphatic rings. The van der Waals surface area contributed by atoms with E-state index in [2.05, 4.69) is 21.3 Å². The Morgan fingerprint density at radius 1 is 1.10 bits per heavy atom. The van der Waals surface area contributed by atoms with Gasteiger partial charge in [-0.25, -0.2) is 9.97 Å². The SMILES string of the molecule is COc1cccc(-c2c(-c3ccnc(Nc4cccc(OCCCN5CCSCC5)c4)n3)sc(SC)c2C#N)c1. The molecular weight excluding hydrogens is 559 g/mol. The second-order valence-electron chi connectivity index (χ2n) is 9.09. The van der Waals surface area contributed by atoms with Crippen molar-refractivity contribution in [3.05, 3.63) is 66.4 Å². The molecule has 0 unspecified atom stereocenters. The molecule has 1 aliphatic heterocycles. The monoisotopic (exact) mass is 589 g/mol. The lowest BCUT2D eigenvalue weighted by atomic mass is 10.0. The predicted octanol–water partition coefficient (Wildman–Crippen LogP) is 7.04. The summed E-state index contributed by atoms with van der Waals surface area (Å²) in [5, 5.41) is 13.4. The lowest BCUT2D eigenvalue weighted by molar-refractivity contribution is 0.248. The molecule has 3 heterocycles. The predicted molar refractivity (Wildman–Crippen MR) is 167 cm³/mol. The first-order chi connectivity index (χ1) is 19.7. The molecule has 0 aliphatic carbocycles. The standard InChI is InChI=1S/C30H31N5O2S3/c1-36-23-8-3-6-21(18-23)27-25(20-31)29(38-2)40-28(27)26-10-11-32-30(34-26)33-22-7-4-9-24(19-22)37-15-5-12-35-13-16-39-17-14-35/h3-4,6-11,18-19H,5,12-17H2,1-2H3,(H,32,33,34). The van der Waals surface area contributed by atoms with Gasteiger partial charge in [-0.2, -0.15) is 17.0 Å². The highest BCUT2D eigenvalue weighted by atomic mass is 32.2. The van der Waals surface area contributed by atoms with Crippen molar-refractivity contribution in [1.82, 2.24) is 14.9 Å². The fraction of sp³-hybridized carbons (Fsp3) is 0.300. The molecule has 0 radical (unpaired) electrons. The lowest BCUT2D eigenvalue weighted by Crippen LogP contribution is -2.33. The minimum atomic E-state index is 0.479. The van der Waals surface area contributed by atoms with Crippen LogP contribution in [0.3, 0.4) is 0 Å². The van der Waals surface area contributed by atoms with Crippen LogP contribution < -0.4 is 14.8 Å². The van der Waals surface area contributed by atoms with Crippen molar-refractivity contribution in [3.63, 3.8) is 0 Å². The van der Waals surface area contributed by atoms with Gasteiger partial charge in [-0.05, 0) is 48.6 Å². The first kappa shape index (κ1) is 28.3. The number of hydrogen-bond donors (Lipinski definition) is 1. The number of rotatable bonds is 11. The van der Waals surface area contributed by atoms with Crippen molar-refractivity contribution >= 4 is 46.5 Å². The van der Waals surface area contributed by atoms with Gasteiger partial charge in [0.05, 0.1) is 34.1 Å². The van der Waals surface area contributed by atoms with Crippen LogP contribution in [0, 0.1) is 11.3 Å². The summed E-state index contributed by atoms with van der Waals surface area (Å²) in [6.07, 6.45) is 4.73. The number of methoxy groups -OCH3 is 1.